The highest BCUT2D eigenvalue weighted by molar-refractivity contribution is 5.29. The van der Waals surface area contributed by atoms with Gasteiger partial charge in [-0.3, -0.25) is 0 Å². The molecule has 2 unspecified atom stereocenters. The van der Waals surface area contributed by atoms with Crippen molar-refractivity contribution in [3.63, 3.8) is 0 Å². The first-order chi connectivity index (χ1) is 7.86. The van der Waals surface area contributed by atoms with Gasteiger partial charge in [-0.25, -0.2) is 0 Å². The Morgan fingerprint density at radius 2 is 1.65 bits per heavy atom. The molecule has 0 amide bonds. The number of rotatable bonds is 4. The Labute approximate surface area is 103 Å². The molecule has 0 bridgehead atoms. The number of benzene rings is 1. The van der Waals surface area contributed by atoms with Crippen LogP contribution < -0.4 is 4.74 Å². The van der Waals surface area contributed by atoms with E-state index in [1.54, 1.807) is 24.3 Å². The molecule has 0 radical (unpaired) electrons. The van der Waals surface area contributed by atoms with Crippen LogP contribution in [-0.2, 0) is 0 Å². The maximum atomic E-state index is 10.1. The van der Waals surface area contributed by atoms with Gasteiger partial charge in [0.1, 0.15) is 11.9 Å². The minimum absolute atomic E-state index is 0.349. The zero-order valence-corrected chi connectivity index (χ0v) is 11.0. The van der Waals surface area contributed by atoms with Crippen LogP contribution in [-0.4, -0.2) is 22.9 Å². The average Bonchev–Trinajstić information content (AvgIpc) is 2.27. The predicted octanol–water partition coefficient (Wildman–Crippen LogP) is 2.53. The summed E-state index contributed by atoms with van der Waals surface area (Å²) in [5.74, 6) is 0.772. The van der Waals surface area contributed by atoms with Gasteiger partial charge in [0.25, 0.3) is 0 Å². The van der Waals surface area contributed by atoms with Crippen LogP contribution in [0.1, 0.15) is 39.4 Å². The molecule has 1 aromatic carbocycles. The summed E-state index contributed by atoms with van der Waals surface area (Å²) in [5.41, 5.74) is 0.355. The lowest BCUT2D eigenvalue weighted by Crippen LogP contribution is -2.32. The predicted molar refractivity (Wildman–Crippen MR) is 68.0 cm³/mol. The Hall–Kier alpha value is -1.06. The summed E-state index contributed by atoms with van der Waals surface area (Å²) in [6, 6.07) is 7.17. The van der Waals surface area contributed by atoms with Gasteiger partial charge in [-0.15, -0.1) is 0 Å². The molecule has 0 aromatic heterocycles. The van der Waals surface area contributed by atoms with Crippen molar-refractivity contribution < 1.29 is 14.9 Å². The first-order valence-corrected chi connectivity index (χ1v) is 5.95. The van der Waals surface area contributed by atoms with Crippen molar-refractivity contribution in [2.45, 2.75) is 39.9 Å². The van der Waals surface area contributed by atoms with Crippen LogP contribution in [0.3, 0.4) is 0 Å². The summed E-state index contributed by atoms with van der Waals surface area (Å²) in [4.78, 5) is 0. The van der Waals surface area contributed by atoms with Crippen LogP contribution in [0.15, 0.2) is 24.3 Å². The normalized spacial score (nSPS) is 15.4. The molecular weight excluding hydrogens is 216 g/mol. The van der Waals surface area contributed by atoms with E-state index in [4.69, 9.17) is 4.74 Å². The van der Waals surface area contributed by atoms with Crippen LogP contribution in [0.25, 0.3) is 0 Å². The van der Waals surface area contributed by atoms with Gasteiger partial charge in [-0.1, -0.05) is 32.9 Å². The van der Waals surface area contributed by atoms with Gasteiger partial charge in [0, 0.05) is 0 Å². The standard InChI is InChI=1S/C14H22O3/c1-5-17-11-8-6-10(7-9-11)12(15)13(16)14(2,3)4/h6-9,12-13,15-16H,5H2,1-4H3. The molecule has 1 rings (SSSR count). The molecule has 3 nitrogen and oxygen atoms in total. The molecule has 1 aromatic rings. The summed E-state index contributed by atoms with van der Waals surface area (Å²) in [6.07, 6.45) is -1.66. The Morgan fingerprint density at radius 3 is 2.06 bits per heavy atom. The summed E-state index contributed by atoms with van der Waals surface area (Å²) >= 11 is 0. The van der Waals surface area contributed by atoms with Gasteiger partial charge >= 0.3 is 0 Å². The highest BCUT2D eigenvalue weighted by Gasteiger charge is 2.29. The molecule has 2 N–H and O–H groups in total. The summed E-state index contributed by atoms with van der Waals surface area (Å²) in [7, 11) is 0. The monoisotopic (exact) mass is 238 g/mol. The molecule has 0 aliphatic rings. The lowest BCUT2D eigenvalue weighted by Gasteiger charge is -2.30. The Balaban J connectivity index is 2.79. The SMILES string of the molecule is CCOc1ccc(C(O)C(O)C(C)(C)C)cc1. The third kappa shape index (κ3) is 3.72. The average molecular weight is 238 g/mol. The van der Waals surface area contributed by atoms with E-state index in [1.165, 1.54) is 0 Å². The van der Waals surface area contributed by atoms with Gasteiger partial charge < -0.3 is 14.9 Å². The molecule has 3 heteroatoms. The second-order valence-corrected chi connectivity index (χ2v) is 5.26. The molecule has 0 spiro atoms. The number of hydrogen-bond donors (Lipinski definition) is 2. The van der Waals surface area contributed by atoms with E-state index in [2.05, 4.69) is 0 Å². The number of aliphatic hydroxyl groups excluding tert-OH is 2. The summed E-state index contributed by atoms with van der Waals surface area (Å²) in [5, 5.41) is 20.1. The van der Waals surface area contributed by atoms with E-state index in [0.29, 0.717) is 12.2 Å². The van der Waals surface area contributed by atoms with Crippen molar-refractivity contribution in [1.29, 1.82) is 0 Å². The van der Waals surface area contributed by atoms with Crippen molar-refractivity contribution in [2.24, 2.45) is 5.41 Å². The van der Waals surface area contributed by atoms with E-state index in [9.17, 15) is 10.2 Å². The maximum absolute atomic E-state index is 10.1. The van der Waals surface area contributed by atoms with Gasteiger partial charge in [0.2, 0.25) is 0 Å². The topological polar surface area (TPSA) is 49.7 Å². The van der Waals surface area contributed by atoms with Gasteiger partial charge in [-0.05, 0) is 30.0 Å². The number of ether oxygens (including phenoxy) is 1. The van der Waals surface area contributed by atoms with Crippen molar-refractivity contribution in [1.82, 2.24) is 0 Å². The maximum Gasteiger partial charge on any atom is 0.119 e. The Kier molecular flexibility index (Phi) is 4.54. The fraction of sp³-hybridized carbons (Fsp3) is 0.571. The largest absolute Gasteiger partial charge is 0.494 e. The quantitative estimate of drug-likeness (QED) is 0.847. The first kappa shape index (κ1) is 14.0. The van der Waals surface area contributed by atoms with E-state index >= 15 is 0 Å². The second-order valence-electron chi connectivity index (χ2n) is 5.26. The fourth-order valence-corrected chi connectivity index (χ4v) is 1.58. The highest BCUT2D eigenvalue weighted by atomic mass is 16.5. The van der Waals surface area contributed by atoms with Crippen molar-refractivity contribution in [3.05, 3.63) is 29.8 Å². The summed E-state index contributed by atoms with van der Waals surface area (Å²) < 4.78 is 5.32. The molecule has 0 fully saturated rings. The third-order valence-electron chi connectivity index (χ3n) is 2.72. The minimum Gasteiger partial charge on any atom is -0.494 e. The third-order valence-corrected chi connectivity index (χ3v) is 2.72. The van der Waals surface area contributed by atoms with Gasteiger partial charge in [0.15, 0.2) is 0 Å². The van der Waals surface area contributed by atoms with Gasteiger partial charge in [0.05, 0.1) is 12.7 Å². The molecule has 96 valence electrons. The minimum atomic E-state index is -0.870. The van der Waals surface area contributed by atoms with Crippen molar-refractivity contribution in [2.75, 3.05) is 6.61 Å². The molecule has 0 saturated heterocycles. The molecule has 2 atom stereocenters. The Bertz CT molecular complexity index is 337. The first-order valence-electron chi connectivity index (χ1n) is 5.95. The molecular formula is C14H22O3. The Morgan fingerprint density at radius 1 is 1.12 bits per heavy atom. The van der Waals surface area contributed by atoms with E-state index in [0.717, 1.165) is 5.75 Å². The molecule has 0 aliphatic heterocycles. The number of hydrogen-bond acceptors (Lipinski definition) is 3. The smallest absolute Gasteiger partial charge is 0.119 e. The zero-order chi connectivity index (χ0) is 13.1. The van der Waals surface area contributed by atoms with Crippen LogP contribution in [0.5, 0.6) is 5.75 Å². The van der Waals surface area contributed by atoms with Crippen LogP contribution in [0.2, 0.25) is 0 Å². The van der Waals surface area contributed by atoms with Crippen LogP contribution in [0.4, 0.5) is 0 Å². The lowest BCUT2D eigenvalue weighted by atomic mass is 9.83. The van der Waals surface area contributed by atoms with Gasteiger partial charge in [-0.2, -0.15) is 0 Å². The number of aliphatic hydroxyl groups is 2. The molecule has 17 heavy (non-hydrogen) atoms. The van der Waals surface area contributed by atoms with Crippen LogP contribution >= 0.6 is 0 Å². The fourth-order valence-electron chi connectivity index (χ4n) is 1.58. The highest BCUT2D eigenvalue weighted by Crippen LogP contribution is 2.30. The van der Waals surface area contributed by atoms with E-state index < -0.39 is 12.2 Å². The van der Waals surface area contributed by atoms with Crippen molar-refractivity contribution in [3.8, 4) is 5.75 Å². The molecule has 0 heterocycles. The van der Waals surface area contributed by atoms with Crippen LogP contribution in [0, 0.1) is 5.41 Å². The molecule has 0 aliphatic carbocycles. The zero-order valence-electron chi connectivity index (χ0n) is 11.0. The second kappa shape index (κ2) is 5.52. The van der Waals surface area contributed by atoms with Crippen molar-refractivity contribution >= 4 is 0 Å². The van der Waals surface area contributed by atoms with E-state index in [1.807, 2.05) is 27.7 Å². The summed E-state index contributed by atoms with van der Waals surface area (Å²) in [6.45, 7) is 8.24. The van der Waals surface area contributed by atoms with E-state index in [-0.39, 0.29) is 5.41 Å². The lowest BCUT2D eigenvalue weighted by molar-refractivity contribution is -0.0458. The molecule has 0 saturated carbocycles.